The molecular weight excluding hydrogens is 324 g/mol. The Morgan fingerprint density at radius 3 is 2.54 bits per heavy atom. The fourth-order valence-electron chi connectivity index (χ4n) is 3.96. The van der Waals surface area contributed by atoms with E-state index in [-0.39, 0.29) is 5.54 Å². The molecule has 0 bridgehead atoms. The van der Waals surface area contributed by atoms with E-state index in [9.17, 15) is 8.42 Å². The van der Waals surface area contributed by atoms with Crippen molar-refractivity contribution >= 4 is 16.1 Å². The number of hydrogen-bond acceptors (Lipinski definition) is 4. The number of aryl methyl sites for hydroxylation is 1. The number of morpholine rings is 1. The molecule has 3 aliphatic rings. The Labute approximate surface area is 143 Å². The topological polar surface area (TPSA) is 49.9 Å². The largest absolute Gasteiger partial charge is 0.379 e. The molecule has 2 aliphatic heterocycles. The lowest BCUT2D eigenvalue weighted by Gasteiger charge is -2.54. The molecule has 130 valence electrons. The molecular formula is C18H24N2O3S. The first kappa shape index (κ1) is 16.3. The van der Waals surface area contributed by atoms with Gasteiger partial charge in [-0.2, -0.15) is 4.31 Å². The third-order valence-electron chi connectivity index (χ3n) is 5.49. The summed E-state index contributed by atoms with van der Waals surface area (Å²) in [4.78, 5) is 2.93. The Morgan fingerprint density at radius 1 is 1.08 bits per heavy atom. The number of hydrogen-bond donors (Lipinski definition) is 0. The number of sulfonamides is 1. The minimum atomic E-state index is -3.34. The standard InChI is InChI=1S/C18H24N2O3S/c1-18(19-8-10-23-11-9-19)13-20(14-18)24(21,22)17-7-6-15-4-2-3-5-16(15)12-17/h2-5,12H,6-11,13-14H2,1H3. The number of fused-ring (bicyclic) bond motifs is 1. The van der Waals surface area contributed by atoms with Gasteiger partial charge in [-0.1, -0.05) is 24.3 Å². The van der Waals surface area contributed by atoms with Gasteiger partial charge in [0.2, 0.25) is 10.0 Å². The van der Waals surface area contributed by atoms with Crippen molar-refractivity contribution < 1.29 is 13.2 Å². The molecule has 1 aromatic rings. The maximum absolute atomic E-state index is 13.0. The van der Waals surface area contributed by atoms with Crippen molar-refractivity contribution in [1.82, 2.24) is 9.21 Å². The van der Waals surface area contributed by atoms with E-state index in [1.165, 1.54) is 5.56 Å². The molecule has 0 radical (unpaired) electrons. The fourth-order valence-corrected chi connectivity index (χ4v) is 5.83. The molecule has 0 spiro atoms. The normalized spacial score (nSPS) is 24.8. The van der Waals surface area contributed by atoms with Gasteiger partial charge in [0.25, 0.3) is 0 Å². The van der Waals surface area contributed by atoms with Gasteiger partial charge in [0, 0.05) is 31.7 Å². The molecule has 4 rings (SSSR count). The van der Waals surface area contributed by atoms with Crippen LogP contribution < -0.4 is 0 Å². The summed E-state index contributed by atoms with van der Waals surface area (Å²) < 4.78 is 33.0. The summed E-state index contributed by atoms with van der Waals surface area (Å²) in [5.74, 6) is 0. The summed E-state index contributed by atoms with van der Waals surface area (Å²) in [5.41, 5.74) is 2.22. The maximum atomic E-state index is 13.0. The second-order valence-corrected chi connectivity index (χ2v) is 9.17. The number of benzene rings is 1. The van der Waals surface area contributed by atoms with E-state index in [0.717, 1.165) is 38.3 Å². The molecule has 0 N–H and O–H groups in total. The van der Waals surface area contributed by atoms with Crippen molar-refractivity contribution in [2.24, 2.45) is 0 Å². The second-order valence-electron chi connectivity index (χ2n) is 7.18. The Bertz CT molecular complexity index is 760. The molecule has 0 aromatic heterocycles. The van der Waals surface area contributed by atoms with Crippen molar-refractivity contribution in [1.29, 1.82) is 0 Å². The Balaban J connectivity index is 1.50. The van der Waals surface area contributed by atoms with Crippen molar-refractivity contribution in [3.63, 3.8) is 0 Å². The highest BCUT2D eigenvalue weighted by atomic mass is 32.2. The summed E-state index contributed by atoms with van der Waals surface area (Å²) in [6.07, 6.45) is 3.26. The maximum Gasteiger partial charge on any atom is 0.239 e. The van der Waals surface area contributed by atoms with Crippen LogP contribution in [0, 0.1) is 0 Å². The van der Waals surface area contributed by atoms with Gasteiger partial charge in [-0.3, -0.25) is 4.90 Å². The van der Waals surface area contributed by atoms with Crippen LogP contribution in [-0.4, -0.2) is 62.6 Å². The Hall–Kier alpha value is -1.21. The van der Waals surface area contributed by atoms with Crippen molar-refractivity contribution in [2.75, 3.05) is 39.4 Å². The van der Waals surface area contributed by atoms with Crippen LogP contribution in [0.15, 0.2) is 29.2 Å². The van der Waals surface area contributed by atoms with Crippen LogP contribution >= 0.6 is 0 Å². The summed E-state index contributed by atoms with van der Waals surface area (Å²) in [6.45, 7) is 6.58. The highest BCUT2D eigenvalue weighted by Crippen LogP contribution is 2.36. The monoisotopic (exact) mass is 348 g/mol. The van der Waals surface area contributed by atoms with Crippen LogP contribution in [-0.2, 0) is 21.2 Å². The number of rotatable bonds is 3. The zero-order valence-electron chi connectivity index (χ0n) is 14.1. The smallest absolute Gasteiger partial charge is 0.239 e. The second kappa shape index (κ2) is 5.95. The van der Waals surface area contributed by atoms with Gasteiger partial charge in [0.05, 0.1) is 18.1 Å². The summed E-state index contributed by atoms with van der Waals surface area (Å²) >= 11 is 0. The minimum Gasteiger partial charge on any atom is -0.379 e. The van der Waals surface area contributed by atoms with Crippen molar-refractivity contribution in [2.45, 2.75) is 25.3 Å². The van der Waals surface area contributed by atoms with Gasteiger partial charge >= 0.3 is 0 Å². The average molecular weight is 348 g/mol. The predicted octanol–water partition coefficient (Wildman–Crippen LogP) is 1.71. The Morgan fingerprint density at radius 2 is 1.79 bits per heavy atom. The van der Waals surface area contributed by atoms with E-state index in [1.54, 1.807) is 4.31 Å². The van der Waals surface area contributed by atoms with E-state index in [4.69, 9.17) is 4.74 Å². The molecule has 0 saturated carbocycles. The van der Waals surface area contributed by atoms with Crippen LogP contribution in [0.2, 0.25) is 0 Å². The van der Waals surface area contributed by atoms with E-state index in [1.807, 2.05) is 24.3 Å². The molecule has 1 aliphatic carbocycles. The molecule has 0 unspecified atom stereocenters. The molecule has 24 heavy (non-hydrogen) atoms. The molecule has 1 aromatic carbocycles. The van der Waals surface area contributed by atoms with Gasteiger partial charge in [0.15, 0.2) is 0 Å². The van der Waals surface area contributed by atoms with Crippen LogP contribution in [0.1, 0.15) is 24.5 Å². The van der Waals surface area contributed by atoms with Gasteiger partial charge in [-0.15, -0.1) is 0 Å². The van der Waals surface area contributed by atoms with E-state index in [2.05, 4.69) is 17.9 Å². The fraction of sp³-hybridized carbons (Fsp3) is 0.556. The number of ether oxygens (including phenoxy) is 1. The summed E-state index contributed by atoms with van der Waals surface area (Å²) in [5, 5.41) is 0. The van der Waals surface area contributed by atoms with Crippen LogP contribution in [0.3, 0.4) is 0 Å². The lowest BCUT2D eigenvalue weighted by atomic mass is 9.92. The van der Waals surface area contributed by atoms with Crippen LogP contribution in [0.25, 0.3) is 6.08 Å². The SMILES string of the molecule is CC1(N2CCOCC2)CN(S(=O)(=O)C2=Cc3ccccc3CC2)C1. The first-order chi connectivity index (χ1) is 11.5. The highest BCUT2D eigenvalue weighted by Gasteiger charge is 2.49. The van der Waals surface area contributed by atoms with Gasteiger partial charge < -0.3 is 4.74 Å². The quantitative estimate of drug-likeness (QED) is 0.834. The molecule has 2 heterocycles. The third-order valence-corrected chi connectivity index (χ3v) is 7.41. The van der Waals surface area contributed by atoms with Gasteiger partial charge in [-0.05, 0) is 37.0 Å². The highest BCUT2D eigenvalue weighted by molar-refractivity contribution is 7.93. The summed E-state index contributed by atoms with van der Waals surface area (Å²) in [7, 11) is -3.34. The predicted molar refractivity (Wildman–Crippen MR) is 94.0 cm³/mol. The first-order valence-electron chi connectivity index (χ1n) is 8.60. The molecule has 6 heteroatoms. The van der Waals surface area contributed by atoms with E-state index in [0.29, 0.717) is 24.4 Å². The van der Waals surface area contributed by atoms with Crippen molar-refractivity contribution in [3.8, 4) is 0 Å². The molecule has 0 atom stereocenters. The third kappa shape index (κ3) is 2.71. The van der Waals surface area contributed by atoms with Gasteiger partial charge in [0.1, 0.15) is 0 Å². The zero-order chi connectivity index (χ0) is 16.8. The molecule has 5 nitrogen and oxygen atoms in total. The zero-order valence-corrected chi connectivity index (χ0v) is 14.9. The van der Waals surface area contributed by atoms with Crippen LogP contribution in [0.5, 0.6) is 0 Å². The first-order valence-corrected chi connectivity index (χ1v) is 10.0. The average Bonchev–Trinajstić information content (AvgIpc) is 2.59. The molecule has 2 fully saturated rings. The summed E-state index contributed by atoms with van der Waals surface area (Å²) in [6, 6.07) is 8.05. The number of nitrogens with zero attached hydrogens (tertiary/aromatic N) is 2. The molecule has 2 saturated heterocycles. The lowest BCUT2D eigenvalue weighted by Crippen LogP contribution is -2.70. The number of allylic oxidation sites excluding steroid dienone is 1. The Kier molecular flexibility index (Phi) is 4.03. The lowest BCUT2D eigenvalue weighted by molar-refractivity contribution is -0.0600. The minimum absolute atomic E-state index is 0.0516. The molecule has 0 amide bonds. The van der Waals surface area contributed by atoms with E-state index >= 15 is 0 Å². The van der Waals surface area contributed by atoms with Gasteiger partial charge in [-0.25, -0.2) is 8.42 Å². The van der Waals surface area contributed by atoms with Crippen LogP contribution in [0.4, 0.5) is 0 Å². The van der Waals surface area contributed by atoms with E-state index < -0.39 is 10.0 Å². The van der Waals surface area contributed by atoms with Crippen molar-refractivity contribution in [3.05, 3.63) is 40.3 Å².